The second-order valence-corrected chi connectivity index (χ2v) is 5.26. The fourth-order valence-corrected chi connectivity index (χ4v) is 3.01. The molecule has 1 aliphatic rings. The van der Waals surface area contributed by atoms with Gasteiger partial charge in [0.15, 0.2) is 12.1 Å². The lowest BCUT2D eigenvalue weighted by Crippen LogP contribution is -2.21. The molecule has 1 atom stereocenters. The zero-order chi connectivity index (χ0) is 13.2. The van der Waals surface area contributed by atoms with Crippen LogP contribution in [0.1, 0.15) is 36.7 Å². The van der Waals surface area contributed by atoms with Crippen molar-refractivity contribution >= 4 is 17.8 Å². The molecule has 0 aromatic carbocycles. The molecule has 0 amide bonds. The molecule has 1 unspecified atom stereocenters. The van der Waals surface area contributed by atoms with Crippen LogP contribution >= 0.6 is 0 Å². The zero-order valence-electron chi connectivity index (χ0n) is 11.2. The molecule has 4 heteroatoms. The smallest absolute Gasteiger partial charge is 0.170 e. The first-order valence-corrected chi connectivity index (χ1v) is 7.00. The van der Waals surface area contributed by atoms with Crippen molar-refractivity contribution < 1.29 is 4.79 Å². The van der Waals surface area contributed by atoms with Crippen molar-refractivity contribution in [3.05, 3.63) is 30.1 Å². The van der Waals surface area contributed by atoms with E-state index >= 15 is 0 Å². The second-order valence-electron chi connectivity index (χ2n) is 5.26. The molecule has 0 saturated carbocycles. The molecule has 0 aliphatic carbocycles. The van der Waals surface area contributed by atoms with Crippen LogP contribution in [0.5, 0.6) is 0 Å². The van der Waals surface area contributed by atoms with Crippen molar-refractivity contribution in [2.45, 2.75) is 26.2 Å². The van der Waals surface area contributed by atoms with E-state index < -0.39 is 0 Å². The largest absolute Gasteiger partial charge is 0.354 e. The third kappa shape index (κ3) is 2.11. The summed E-state index contributed by atoms with van der Waals surface area (Å²) in [6, 6.07) is 5.82. The number of aromatic nitrogens is 2. The predicted octanol–water partition coefficient (Wildman–Crippen LogP) is 2.77. The van der Waals surface area contributed by atoms with Gasteiger partial charge in [-0.3, -0.25) is 9.20 Å². The third-order valence-corrected chi connectivity index (χ3v) is 3.94. The van der Waals surface area contributed by atoms with Crippen molar-refractivity contribution in [1.29, 1.82) is 0 Å². The van der Waals surface area contributed by atoms with E-state index in [4.69, 9.17) is 0 Å². The zero-order valence-corrected chi connectivity index (χ0v) is 11.2. The van der Waals surface area contributed by atoms with E-state index in [9.17, 15) is 4.79 Å². The normalized spacial score (nSPS) is 19.2. The quantitative estimate of drug-likeness (QED) is 0.790. The maximum Gasteiger partial charge on any atom is 0.170 e. The van der Waals surface area contributed by atoms with Gasteiger partial charge in [0.05, 0.1) is 0 Å². The van der Waals surface area contributed by atoms with Crippen LogP contribution in [0.25, 0.3) is 5.65 Å². The minimum Gasteiger partial charge on any atom is -0.354 e. The molecule has 4 nitrogen and oxygen atoms in total. The Bertz CT molecular complexity index is 590. The second kappa shape index (κ2) is 5.03. The topological polar surface area (TPSA) is 37.6 Å². The van der Waals surface area contributed by atoms with E-state index in [2.05, 4.69) is 16.8 Å². The van der Waals surface area contributed by atoms with Crippen LogP contribution in [0.4, 0.5) is 5.82 Å². The van der Waals surface area contributed by atoms with Crippen LogP contribution in [-0.2, 0) is 0 Å². The van der Waals surface area contributed by atoms with E-state index in [1.54, 1.807) is 0 Å². The number of carbonyl (C=O) groups excluding carboxylic acids is 1. The summed E-state index contributed by atoms with van der Waals surface area (Å²) < 4.78 is 1.87. The molecule has 1 saturated heterocycles. The number of hydrogen-bond donors (Lipinski definition) is 0. The molecule has 0 radical (unpaired) electrons. The van der Waals surface area contributed by atoms with Gasteiger partial charge in [-0.2, -0.15) is 0 Å². The molecule has 19 heavy (non-hydrogen) atoms. The summed E-state index contributed by atoms with van der Waals surface area (Å²) in [5.41, 5.74) is 1.52. The monoisotopic (exact) mass is 257 g/mol. The van der Waals surface area contributed by atoms with Crippen molar-refractivity contribution in [3.8, 4) is 0 Å². The fraction of sp³-hybridized carbons (Fsp3) is 0.467. The number of fused-ring (bicyclic) bond motifs is 1. The highest BCUT2D eigenvalue weighted by molar-refractivity contribution is 5.83. The van der Waals surface area contributed by atoms with Gasteiger partial charge in [0.1, 0.15) is 11.3 Å². The van der Waals surface area contributed by atoms with Crippen LogP contribution in [0.15, 0.2) is 24.4 Å². The maximum absolute atomic E-state index is 11.4. The average Bonchev–Trinajstić information content (AvgIpc) is 3.02. The Hall–Kier alpha value is -1.84. The number of aldehydes is 1. The Balaban J connectivity index is 1.95. The van der Waals surface area contributed by atoms with Gasteiger partial charge in [0.25, 0.3) is 0 Å². The highest BCUT2D eigenvalue weighted by Crippen LogP contribution is 2.28. The summed E-state index contributed by atoms with van der Waals surface area (Å²) in [6.45, 7) is 4.26. The lowest BCUT2D eigenvalue weighted by molar-refractivity contribution is 0.111. The van der Waals surface area contributed by atoms with Gasteiger partial charge in [0, 0.05) is 19.3 Å². The molecule has 100 valence electrons. The van der Waals surface area contributed by atoms with Crippen molar-refractivity contribution in [1.82, 2.24) is 9.38 Å². The van der Waals surface area contributed by atoms with E-state index in [1.807, 2.05) is 28.8 Å². The number of hydrogen-bond acceptors (Lipinski definition) is 3. The van der Waals surface area contributed by atoms with Crippen LogP contribution in [0, 0.1) is 5.92 Å². The Morgan fingerprint density at radius 3 is 3.16 bits per heavy atom. The summed E-state index contributed by atoms with van der Waals surface area (Å²) in [4.78, 5) is 18.3. The van der Waals surface area contributed by atoms with Gasteiger partial charge >= 0.3 is 0 Å². The van der Waals surface area contributed by atoms with Crippen molar-refractivity contribution in [2.75, 3.05) is 18.0 Å². The summed E-state index contributed by atoms with van der Waals surface area (Å²) in [5.74, 6) is 1.59. The highest BCUT2D eigenvalue weighted by Gasteiger charge is 2.26. The Morgan fingerprint density at radius 1 is 1.47 bits per heavy atom. The first-order chi connectivity index (χ1) is 9.33. The van der Waals surface area contributed by atoms with E-state index in [0.29, 0.717) is 5.69 Å². The standard InChI is InChI=1S/C15H19N3O/c1-2-5-12-7-9-17(10-12)15-13(11-19)18-8-4-3-6-14(18)16-15/h3-4,6,8,11-12H,2,5,7,9-10H2,1H3. The lowest BCUT2D eigenvalue weighted by atomic mass is 10.0. The molecule has 1 fully saturated rings. The lowest BCUT2D eigenvalue weighted by Gasteiger charge is -2.16. The van der Waals surface area contributed by atoms with Gasteiger partial charge in [-0.05, 0) is 30.9 Å². The third-order valence-electron chi connectivity index (χ3n) is 3.94. The average molecular weight is 257 g/mol. The summed E-state index contributed by atoms with van der Waals surface area (Å²) in [6.07, 6.45) is 6.52. The van der Waals surface area contributed by atoms with E-state index in [0.717, 1.165) is 36.8 Å². The maximum atomic E-state index is 11.4. The molecular weight excluding hydrogens is 238 g/mol. The van der Waals surface area contributed by atoms with Crippen molar-refractivity contribution in [2.24, 2.45) is 5.92 Å². The fourth-order valence-electron chi connectivity index (χ4n) is 3.01. The number of carbonyl (C=O) groups is 1. The Kier molecular flexibility index (Phi) is 3.23. The number of nitrogens with zero attached hydrogens (tertiary/aromatic N) is 3. The molecular formula is C15H19N3O. The van der Waals surface area contributed by atoms with Crippen molar-refractivity contribution in [3.63, 3.8) is 0 Å². The summed E-state index contributed by atoms with van der Waals surface area (Å²) in [7, 11) is 0. The first-order valence-electron chi connectivity index (χ1n) is 7.00. The molecule has 3 heterocycles. The van der Waals surface area contributed by atoms with Crippen LogP contribution in [0.2, 0.25) is 0 Å². The molecule has 2 aromatic heterocycles. The number of imidazole rings is 1. The summed E-state index contributed by atoms with van der Waals surface area (Å²) >= 11 is 0. The van der Waals surface area contributed by atoms with E-state index in [-0.39, 0.29) is 0 Å². The van der Waals surface area contributed by atoms with Crippen LogP contribution in [-0.4, -0.2) is 28.8 Å². The Morgan fingerprint density at radius 2 is 2.37 bits per heavy atom. The van der Waals surface area contributed by atoms with Gasteiger partial charge in [-0.1, -0.05) is 19.4 Å². The highest BCUT2D eigenvalue weighted by atomic mass is 16.1. The van der Waals surface area contributed by atoms with Gasteiger partial charge in [0.2, 0.25) is 0 Å². The minimum atomic E-state index is 0.674. The van der Waals surface area contributed by atoms with E-state index in [1.165, 1.54) is 19.3 Å². The number of rotatable bonds is 4. The molecule has 2 aromatic rings. The minimum absolute atomic E-state index is 0.674. The Labute approximate surface area is 113 Å². The number of pyridine rings is 1. The number of anilines is 1. The molecule has 0 N–H and O–H groups in total. The van der Waals surface area contributed by atoms with Gasteiger partial charge in [-0.15, -0.1) is 0 Å². The SMILES string of the molecule is CCCC1CCN(c2nc3ccccn3c2C=O)C1. The predicted molar refractivity (Wildman–Crippen MR) is 75.8 cm³/mol. The molecule has 3 rings (SSSR count). The molecule has 0 spiro atoms. The summed E-state index contributed by atoms with van der Waals surface area (Å²) in [5, 5.41) is 0. The van der Waals surface area contributed by atoms with Gasteiger partial charge < -0.3 is 4.90 Å². The molecule has 0 bridgehead atoms. The van der Waals surface area contributed by atoms with Crippen LogP contribution < -0.4 is 4.90 Å². The first kappa shape index (κ1) is 12.2. The molecule has 1 aliphatic heterocycles. The van der Waals surface area contributed by atoms with Gasteiger partial charge in [-0.25, -0.2) is 4.98 Å². The van der Waals surface area contributed by atoms with Crippen LogP contribution in [0.3, 0.4) is 0 Å².